The van der Waals surface area contributed by atoms with Crippen molar-refractivity contribution in [1.82, 2.24) is 15.3 Å². The molecule has 4 unspecified atom stereocenters. The molecule has 0 amide bonds. The second-order valence-corrected chi connectivity index (χ2v) is 10.5. The lowest BCUT2D eigenvalue weighted by atomic mass is 9.94. The van der Waals surface area contributed by atoms with E-state index >= 15 is 4.39 Å². The SMILES string of the molecule is Cc1nc2c3c(nc(-c4cc(N)cc(F)c4OC(F)(F)F)c(F)c3c1C)OC(C)C1C3CCC(C(=O)O)(CN21)N3. The van der Waals surface area contributed by atoms with Gasteiger partial charge in [0.2, 0.25) is 5.88 Å². The molecule has 4 N–H and O–H groups in total. The first-order valence-electron chi connectivity index (χ1n) is 12.5. The monoisotopic (exact) mass is 565 g/mol. The normalized spacial score (nSPS) is 25.4. The maximum absolute atomic E-state index is 16.4. The molecule has 6 rings (SSSR count). The molecule has 2 bridgehead atoms. The quantitative estimate of drug-likeness (QED) is 0.317. The number of aryl methyl sites for hydroxylation is 2. The van der Waals surface area contributed by atoms with Crippen LogP contribution in [0.4, 0.5) is 33.5 Å². The Morgan fingerprint density at radius 2 is 1.98 bits per heavy atom. The molecule has 5 heterocycles. The van der Waals surface area contributed by atoms with Crippen molar-refractivity contribution >= 4 is 28.2 Å². The van der Waals surface area contributed by atoms with Gasteiger partial charge in [0.15, 0.2) is 17.4 Å². The van der Waals surface area contributed by atoms with Crippen LogP contribution in [0.1, 0.15) is 31.0 Å². The Balaban J connectivity index is 1.64. The number of carboxylic acid groups (broad SMARTS) is 1. The summed E-state index contributed by atoms with van der Waals surface area (Å²) in [5, 5.41) is 13.3. The van der Waals surface area contributed by atoms with Gasteiger partial charge < -0.3 is 25.2 Å². The number of rotatable bonds is 3. The van der Waals surface area contributed by atoms with Crippen LogP contribution in [0, 0.1) is 25.5 Å². The Kier molecular flexibility index (Phi) is 5.61. The molecule has 0 spiro atoms. The number of pyridine rings is 2. The lowest BCUT2D eigenvalue weighted by Crippen LogP contribution is -2.69. The molecule has 0 saturated carbocycles. The van der Waals surface area contributed by atoms with E-state index in [0.29, 0.717) is 30.2 Å². The number of aromatic nitrogens is 2. The number of alkyl halides is 3. The van der Waals surface area contributed by atoms with Crippen molar-refractivity contribution in [3.05, 3.63) is 35.0 Å². The summed E-state index contributed by atoms with van der Waals surface area (Å²) in [5.74, 6) is -4.69. The number of benzene rings is 1. The van der Waals surface area contributed by atoms with E-state index in [4.69, 9.17) is 15.5 Å². The summed E-state index contributed by atoms with van der Waals surface area (Å²) in [7, 11) is 0. The second-order valence-electron chi connectivity index (χ2n) is 10.5. The highest BCUT2D eigenvalue weighted by atomic mass is 19.4. The summed E-state index contributed by atoms with van der Waals surface area (Å²) in [4.78, 5) is 23.0. The van der Waals surface area contributed by atoms with E-state index in [-0.39, 0.29) is 40.7 Å². The zero-order chi connectivity index (χ0) is 28.9. The largest absolute Gasteiger partial charge is 0.573 e. The lowest BCUT2D eigenvalue weighted by Gasteiger charge is -2.46. The van der Waals surface area contributed by atoms with Gasteiger partial charge in [-0.05, 0) is 45.2 Å². The third kappa shape index (κ3) is 3.79. The van der Waals surface area contributed by atoms with Gasteiger partial charge in [-0.15, -0.1) is 13.2 Å². The number of carboxylic acids is 1. The Hall–Kier alpha value is -3.94. The number of anilines is 2. The fraction of sp³-hybridized carbons (Fsp3) is 0.423. The minimum atomic E-state index is -5.28. The summed E-state index contributed by atoms with van der Waals surface area (Å²) >= 11 is 0. The van der Waals surface area contributed by atoms with E-state index in [2.05, 4.69) is 15.0 Å². The predicted octanol–water partition coefficient (Wildman–Crippen LogP) is 4.22. The van der Waals surface area contributed by atoms with Crippen molar-refractivity contribution in [2.45, 2.75) is 63.7 Å². The smallest absolute Gasteiger partial charge is 0.480 e. The highest BCUT2D eigenvalue weighted by Crippen LogP contribution is 2.48. The van der Waals surface area contributed by atoms with Gasteiger partial charge in [-0.1, -0.05) is 0 Å². The molecule has 4 atom stereocenters. The number of nitrogens with two attached hydrogens (primary N) is 1. The zero-order valence-corrected chi connectivity index (χ0v) is 21.5. The number of nitrogens with zero attached hydrogens (tertiary/aromatic N) is 3. The number of nitrogens with one attached hydrogen (secondary N) is 1. The number of hydrogen-bond donors (Lipinski definition) is 3. The molecule has 9 nitrogen and oxygen atoms in total. The fourth-order valence-electron chi connectivity index (χ4n) is 6.24. The van der Waals surface area contributed by atoms with E-state index < -0.39 is 58.7 Å². The molecule has 3 aromatic rings. The van der Waals surface area contributed by atoms with Gasteiger partial charge in [-0.3, -0.25) is 10.1 Å². The van der Waals surface area contributed by atoms with Crippen LogP contribution in [0.3, 0.4) is 0 Å². The number of aliphatic carboxylic acids is 1. The maximum atomic E-state index is 16.4. The highest BCUT2D eigenvalue weighted by molar-refractivity contribution is 6.02. The molecule has 0 aliphatic carbocycles. The van der Waals surface area contributed by atoms with Crippen LogP contribution in [-0.2, 0) is 4.79 Å². The van der Waals surface area contributed by atoms with E-state index in [1.54, 1.807) is 25.7 Å². The number of hydrogen-bond acceptors (Lipinski definition) is 8. The van der Waals surface area contributed by atoms with Crippen LogP contribution in [-0.4, -0.2) is 57.7 Å². The number of halogens is 5. The standard InChI is InChI=1S/C26H24F5N5O4/c1-9-10(2)33-22-17-16(9)18(28)19(13-6-12(32)7-14(27)21(13)40-26(29,30)31)34-23(17)39-11(3)20-15-4-5-25(35-15,24(37)38)8-36(20)22/h6-7,11,15,20,35H,4-5,8,32H2,1-3H3,(H,37,38). The zero-order valence-electron chi connectivity index (χ0n) is 21.5. The molecule has 14 heteroatoms. The Morgan fingerprint density at radius 1 is 1.25 bits per heavy atom. The van der Waals surface area contributed by atoms with Crippen LogP contribution >= 0.6 is 0 Å². The topological polar surface area (TPSA) is 123 Å². The first kappa shape index (κ1) is 26.3. The second kappa shape index (κ2) is 8.53. The first-order chi connectivity index (χ1) is 18.7. The minimum Gasteiger partial charge on any atom is -0.480 e. The number of fused-ring (bicyclic) bond motifs is 5. The summed E-state index contributed by atoms with van der Waals surface area (Å²) in [6.07, 6.45) is -4.99. The van der Waals surface area contributed by atoms with E-state index in [0.717, 1.165) is 6.07 Å². The molecular weight excluding hydrogens is 541 g/mol. The summed E-state index contributed by atoms with van der Waals surface area (Å²) in [5.41, 5.74) is 3.66. The van der Waals surface area contributed by atoms with Crippen LogP contribution < -0.4 is 25.4 Å². The van der Waals surface area contributed by atoms with Crippen LogP contribution in [0.2, 0.25) is 0 Å². The molecule has 2 aromatic heterocycles. The molecule has 1 aromatic carbocycles. The predicted molar refractivity (Wildman–Crippen MR) is 133 cm³/mol. The highest BCUT2D eigenvalue weighted by Gasteiger charge is 2.57. The number of ether oxygens (including phenoxy) is 2. The molecule has 0 radical (unpaired) electrons. The molecule has 3 aliphatic heterocycles. The van der Waals surface area contributed by atoms with Gasteiger partial charge in [0.05, 0.1) is 17.0 Å². The molecule has 212 valence electrons. The summed E-state index contributed by atoms with van der Waals surface area (Å²) < 4.78 is 81.0. The minimum absolute atomic E-state index is 0.0224. The van der Waals surface area contributed by atoms with Gasteiger partial charge in [0.1, 0.15) is 23.2 Å². The molecular formula is C26H24F5N5O4. The van der Waals surface area contributed by atoms with E-state index in [1.165, 1.54) is 0 Å². The Labute approximate surface area is 224 Å². The number of carbonyl (C=O) groups is 1. The van der Waals surface area contributed by atoms with Crippen molar-refractivity contribution in [2.24, 2.45) is 0 Å². The van der Waals surface area contributed by atoms with Crippen molar-refractivity contribution in [1.29, 1.82) is 0 Å². The van der Waals surface area contributed by atoms with Gasteiger partial charge in [-0.25, -0.2) is 18.7 Å². The molecule has 2 fully saturated rings. The third-order valence-corrected chi connectivity index (χ3v) is 8.07. The number of nitrogen functional groups attached to an aromatic ring is 1. The third-order valence-electron chi connectivity index (χ3n) is 8.07. The van der Waals surface area contributed by atoms with Gasteiger partial charge in [0, 0.05) is 35.4 Å². The van der Waals surface area contributed by atoms with Gasteiger partial charge in [0.25, 0.3) is 0 Å². The van der Waals surface area contributed by atoms with Crippen molar-refractivity contribution < 1.29 is 41.3 Å². The first-order valence-corrected chi connectivity index (χ1v) is 12.5. The Morgan fingerprint density at radius 3 is 2.65 bits per heavy atom. The van der Waals surface area contributed by atoms with Crippen molar-refractivity contribution in [3.63, 3.8) is 0 Å². The van der Waals surface area contributed by atoms with Crippen LogP contribution in [0.15, 0.2) is 12.1 Å². The average Bonchev–Trinajstić information content (AvgIpc) is 3.15. The van der Waals surface area contributed by atoms with Crippen LogP contribution in [0.5, 0.6) is 11.6 Å². The van der Waals surface area contributed by atoms with Crippen LogP contribution in [0.25, 0.3) is 22.0 Å². The van der Waals surface area contributed by atoms with Crippen molar-refractivity contribution in [3.8, 4) is 22.9 Å². The van der Waals surface area contributed by atoms with Crippen molar-refractivity contribution in [2.75, 3.05) is 17.2 Å². The molecule has 3 aliphatic rings. The summed E-state index contributed by atoms with van der Waals surface area (Å²) in [6.45, 7) is 4.98. The van der Waals surface area contributed by atoms with Gasteiger partial charge in [-0.2, -0.15) is 0 Å². The van der Waals surface area contributed by atoms with E-state index in [9.17, 15) is 27.5 Å². The fourth-order valence-corrected chi connectivity index (χ4v) is 6.24. The molecule has 40 heavy (non-hydrogen) atoms. The average molecular weight is 565 g/mol. The summed E-state index contributed by atoms with van der Waals surface area (Å²) in [6, 6.07) is 0.864. The van der Waals surface area contributed by atoms with Gasteiger partial charge >= 0.3 is 12.3 Å². The Bertz CT molecular complexity index is 1600. The number of piperazine rings is 1. The maximum Gasteiger partial charge on any atom is 0.573 e. The van der Waals surface area contributed by atoms with E-state index in [1.807, 2.05) is 0 Å². The lowest BCUT2D eigenvalue weighted by molar-refractivity contribution is -0.275. The molecule has 2 saturated heterocycles.